The van der Waals surface area contributed by atoms with Gasteiger partial charge < -0.3 is 29.7 Å². The molecule has 7 rings (SSSR count). The summed E-state index contributed by atoms with van der Waals surface area (Å²) in [6, 6.07) is 24.8. The van der Waals surface area contributed by atoms with Gasteiger partial charge in [-0.2, -0.15) is 0 Å². The van der Waals surface area contributed by atoms with Crippen molar-refractivity contribution in [3.8, 4) is 0 Å². The Balaban J connectivity index is 0.000000156. The summed E-state index contributed by atoms with van der Waals surface area (Å²) >= 11 is 11.7. The molecular formula is C41H45Cl2F2N9. The van der Waals surface area contributed by atoms with Gasteiger partial charge in [0, 0.05) is 48.4 Å². The van der Waals surface area contributed by atoms with E-state index in [-0.39, 0.29) is 22.7 Å². The van der Waals surface area contributed by atoms with Crippen LogP contribution in [0.25, 0.3) is 10.8 Å². The van der Waals surface area contributed by atoms with Gasteiger partial charge in [-0.05, 0) is 80.9 Å². The lowest BCUT2D eigenvalue weighted by atomic mass is 10.1. The van der Waals surface area contributed by atoms with Crippen molar-refractivity contribution in [2.24, 2.45) is 0 Å². The molecule has 4 aromatic carbocycles. The Morgan fingerprint density at radius 3 is 1.80 bits per heavy atom. The minimum absolute atomic E-state index is 0.144. The zero-order chi connectivity index (χ0) is 38.5. The summed E-state index contributed by atoms with van der Waals surface area (Å²) in [6.07, 6.45) is 10.3. The van der Waals surface area contributed by atoms with Crippen molar-refractivity contribution in [1.82, 2.24) is 29.9 Å². The van der Waals surface area contributed by atoms with Crippen molar-refractivity contribution < 1.29 is 8.78 Å². The molecule has 0 aliphatic carbocycles. The van der Waals surface area contributed by atoms with E-state index in [1.54, 1.807) is 61.7 Å². The Kier molecular flexibility index (Phi) is 14.5. The van der Waals surface area contributed by atoms with Crippen molar-refractivity contribution >= 4 is 51.0 Å². The maximum atomic E-state index is 13.9. The fourth-order valence-electron chi connectivity index (χ4n) is 5.82. The molecule has 0 spiro atoms. The van der Waals surface area contributed by atoms with Crippen molar-refractivity contribution in [1.29, 1.82) is 0 Å². The SMILES string of the molecule is CC(C)N(Cc1cnc[nH]1)c1cc(Cl)ccc1F.CCN(Cc1cnc[nH]1)c1ccc2ccccc2c1.CCN(Cc1cnc[nH]1)c1cccc(Cl)c1F. The highest BCUT2D eigenvalue weighted by Crippen LogP contribution is 2.28. The van der Waals surface area contributed by atoms with Crippen LogP contribution < -0.4 is 14.7 Å². The Morgan fingerprint density at radius 1 is 0.630 bits per heavy atom. The summed E-state index contributed by atoms with van der Waals surface area (Å²) in [6.45, 7) is 11.8. The molecule has 3 N–H and O–H groups in total. The molecule has 282 valence electrons. The molecular weight excluding hydrogens is 727 g/mol. The number of fused-ring (bicyclic) bond motifs is 1. The van der Waals surface area contributed by atoms with E-state index in [0.717, 1.165) is 30.2 Å². The normalized spacial score (nSPS) is 10.8. The van der Waals surface area contributed by atoms with Gasteiger partial charge in [0.2, 0.25) is 0 Å². The standard InChI is InChI=1S/C16H17N3.C13H15ClFN3.C12H13ClFN3/c1-2-19(11-15-10-17-12-18-15)16-8-7-13-5-3-4-6-14(13)9-16;1-9(2)18(7-11-6-16-8-17-11)13-5-10(14)3-4-12(13)15;1-2-17(7-9-6-15-8-16-9)11-5-3-4-10(13)12(11)14/h3-10,12H,2,11H2,1H3,(H,17,18);3-6,8-9H,7H2,1-2H3,(H,16,17);3-6,8H,2,7H2,1H3,(H,15,16). The first-order valence-electron chi connectivity index (χ1n) is 17.7. The summed E-state index contributed by atoms with van der Waals surface area (Å²) in [7, 11) is 0. The number of nitrogens with one attached hydrogen (secondary N) is 3. The van der Waals surface area contributed by atoms with Gasteiger partial charge in [-0.1, -0.05) is 59.6 Å². The molecule has 0 aliphatic rings. The zero-order valence-corrected chi connectivity index (χ0v) is 32.3. The number of aromatic amines is 3. The predicted octanol–water partition coefficient (Wildman–Crippen LogP) is 10.4. The second-order valence-electron chi connectivity index (χ2n) is 12.7. The fourth-order valence-corrected chi connectivity index (χ4v) is 6.16. The minimum atomic E-state index is -0.379. The third-order valence-corrected chi connectivity index (χ3v) is 9.23. The van der Waals surface area contributed by atoms with E-state index in [0.29, 0.717) is 36.0 Å². The van der Waals surface area contributed by atoms with Crippen LogP contribution in [0, 0.1) is 11.6 Å². The highest BCUT2D eigenvalue weighted by atomic mass is 35.5. The summed E-state index contributed by atoms with van der Waals surface area (Å²) in [4.78, 5) is 27.3. The molecule has 0 aliphatic heterocycles. The van der Waals surface area contributed by atoms with Gasteiger partial charge in [0.15, 0.2) is 5.82 Å². The first-order valence-corrected chi connectivity index (χ1v) is 18.5. The molecule has 0 atom stereocenters. The number of benzene rings is 4. The minimum Gasteiger partial charge on any atom is -0.366 e. The quantitative estimate of drug-likeness (QED) is 0.114. The van der Waals surface area contributed by atoms with Crippen molar-refractivity contribution in [3.63, 3.8) is 0 Å². The van der Waals surface area contributed by atoms with Crippen LogP contribution in [0.4, 0.5) is 25.8 Å². The third-order valence-electron chi connectivity index (χ3n) is 8.70. The summed E-state index contributed by atoms with van der Waals surface area (Å²) in [5.74, 6) is -0.650. The molecule has 13 heteroatoms. The molecule has 9 nitrogen and oxygen atoms in total. The molecule has 0 fully saturated rings. The molecule has 7 aromatic rings. The molecule has 3 aromatic heterocycles. The van der Waals surface area contributed by atoms with E-state index in [1.165, 1.54) is 22.5 Å². The van der Waals surface area contributed by atoms with Crippen LogP contribution in [0.2, 0.25) is 10.0 Å². The number of imidazole rings is 3. The smallest absolute Gasteiger partial charge is 0.165 e. The number of halogens is 4. The summed E-state index contributed by atoms with van der Waals surface area (Å²) < 4.78 is 27.8. The van der Waals surface area contributed by atoms with Crippen molar-refractivity contribution in [3.05, 3.63) is 155 Å². The van der Waals surface area contributed by atoms with Crippen molar-refractivity contribution in [2.45, 2.75) is 53.4 Å². The van der Waals surface area contributed by atoms with Crippen LogP contribution in [0.3, 0.4) is 0 Å². The Hall–Kier alpha value is -5.39. The Bertz CT molecular complexity index is 2140. The number of hydrogen-bond donors (Lipinski definition) is 3. The van der Waals surface area contributed by atoms with Gasteiger partial charge in [-0.3, -0.25) is 0 Å². The lowest BCUT2D eigenvalue weighted by molar-refractivity contribution is 0.597. The van der Waals surface area contributed by atoms with Crippen LogP contribution in [0.1, 0.15) is 44.8 Å². The van der Waals surface area contributed by atoms with Crippen LogP contribution in [-0.4, -0.2) is 49.0 Å². The zero-order valence-electron chi connectivity index (χ0n) is 30.8. The molecule has 0 radical (unpaired) electrons. The van der Waals surface area contributed by atoms with Gasteiger partial charge in [0.25, 0.3) is 0 Å². The van der Waals surface area contributed by atoms with E-state index in [9.17, 15) is 8.78 Å². The molecule has 54 heavy (non-hydrogen) atoms. The fraction of sp³-hybridized carbons (Fsp3) is 0.244. The van der Waals surface area contributed by atoms with Crippen LogP contribution >= 0.6 is 23.2 Å². The van der Waals surface area contributed by atoms with E-state index in [1.807, 2.05) is 36.8 Å². The van der Waals surface area contributed by atoms with Gasteiger partial charge in [-0.25, -0.2) is 23.7 Å². The van der Waals surface area contributed by atoms with E-state index in [2.05, 4.69) is 84.2 Å². The van der Waals surface area contributed by atoms with Gasteiger partial charge in [0.1, 0.15) is 5.82 Å². The van der Waals surface area contributed by atoms with Gasteiger partial charge >= 0.3 is 0 Å². The molecule has 3 heterocycles. The van der Waals surface area contributed by atoms with E-state index >= 15 is 0 Å². The average Bonchev–Trinajstić information content (AvgIpc) is 4.00. The maximum Gasteiger partial charge on any atom is 0.165 e. The number of aromatic nitrogens is 6. The maximum absolute atomic E-state index is 13.9. The lowest BCUT2D eigenvalue weighted by Crippen LogP contribution is -2.31. The number of anilines is 3. The largest absolute Gasteiger partial charge is 0.366 e. The van der Waals surface area contributed by atoms with E-state index in [4.69, 9.17) is 23.2 Å². The number of H-pyrrole nitrogens is 3. The molecule has 0 amide bonds. The van der Waals surface area contributed by atoms with Crippen LogP contribution in [-0.2, 0) is 19.6 Å². The molecule has 0 saturated heterocycles. The van der Waals surface area contributed by atoms with Crippen LogP contribution in [0.15, 0.2) is 116 Å². The third kappa shape index (κ3) is 10.8. The molecule has 0 unspecified atom stereocenters. The first kappa shape index (κ1) is 39.8. The van der Waals surface area contributed by atoms with E-state index < -0.39 is 0 Å². The first-order chi connectivity index (χ1) is 26.2. The topological polar surface area (TPSA) is 95.8 Å². The highest BCUT2D eigenvalue weighted by molar-refractivity contribution is 6.31. The van der Waals surface area contributed by atoms with Gasteiger partial charge in [0.05, 0.1) is 72.1 Å². The second-order valence-corrected chi connectivity index (χ2v) is 13.5. The van der Waals surface area contributed by atoms with Crippen LogP contribution in [0.5, 0.6) is 0 Å². The lowest BCUT2D eigenvalue weighted by Gasteiger charge is -2.29. The second kappa shape index (κ2) is 19.6. The molecule has 0 bridgehead atoms. The van der Waals surface area contributed by atoms with Crippen molar-refractivity contribution in [2.75, 3.05) is 27.8 Å². The van der Waals surface area contributed by atoms with Gasteiger partial charge in [-0.15, -0.1) is 0 Å². The summed E-state index contributed by atoms with van der Waals surface area (Å²) in [5, 5.41) is 3.24. The number of nitrogens with zero attached hydrogens (tertiary/aromatic N) is 6. The Morgan fingerprint density at radius 2 is 1.22 bits per heavy atom. The predicted molar refractivity (Wildman–Crippen MR) is 217 cm³/mol. The highest BCUT2D eigenvalue weighted by Gasteiger charge is 2.17. The Labute approximate surface area is 325 Å². The summed E-state index contributed by atoms with van der Waals surface area (Å²) in [5.41, 5.74) is 5.27. The molecule has 0 saturated carbocycles. The average molecular weight is 773 g/mol. The number of hydrogen-bond acceptors (Lipinski definition) is 6. The number of rotatable bonds is 12. The monoisotopic (exact) mass is 771 g/mol.